The third kappa shape index (κ3) is 2.07. The van der Waals surface area contributed by atoms with Crippen LogP contribution in [0.4, 0.5) is 0 Å². The molecule has 1 aromatic heterocycles. The van der Waals surface area contributed by atoms with Crippen LogP contribution in [0.1, 0.15) is 16.8 Å². The van der Waals surface area contributed by atoms with Crippen molar-refractivity contribution in [3.63, 3.8) is 0 Å². The Morgan fingerprint density at radius 2 is 2.25 bits per heavy atom. The molecule has 1 heterocycles. The minimum Gasteiger partial charge on any atom is -0.265 e. The van der Waals surface area contributed by atoms with Crippen molar-refractivity contribution in [2.24, 2.45) is 0 Å². The number of aryl methyl sites for hydroxylation is 1. The van der Waals surface area contributed by atoms with Crippen molar-refractivity contribution in [1.29, 1.82) is 5.26 Å². The van der Waals surface area contributed by atoms with Gasteiger partial charge in [-0.1, -0.05) is 17.7 Å². The first-order valence-electron chi connectivity index (χ1n) is 4.87. The molecule has 16 heavy (non-hydrogen) atoms. The average Bonchev–Trinajstić information content (AvgIpc) is 2.67. The van der Waals surface area contributed by atoms with Crippen molar-refractivity contribution < 1.29 is 0 Å². The van der Waals surface area contributed by atoms with E-state index in [2.05, 4.69) is 11.2 Å². The van der Waals surface area contributed by atoms with Crippen molar-refractivity contribution in [2.45, 2.75) is 13.5 Å². The summed E-state index contributed by atoms with van der Waals surface area (Å²) in [6.07, 6.45) is 1.76. The molecule has 0 spiro atoms. The maximum atomic E-state index is 8.73. The summed E-state index contributed by atoms with van der Waals surface area (Å²) in [7, 11) is 0. The van der Waals surface area contributed by atoms with E-state index in [9.17, 15) is 0 Å². The Kier molecular flexibility index (Phi) is 2.93. The fraction of sp³-hybridized carbons (Fsp3) is 0.167. The molecule has 4 heteroatoms. The highest BCUT2D eigenvalue weighted by Crippen LogP contribution is 2.18. The van der Waals surface area contributed by atoms with Crippen LogP contribution in [-0.4, -0.2) is 9.78 Å². The van der Waals surface area contributed by atoms with Gasteiger partial charge in [0.05, 0.1) is 18.2 Å². The maximum Gasteiger partial charge on any atom is 0.0992 e. The van der Waals surface area contributed by atoms with Gasteiger partial charge in [-0.15, -0.1) is 0 Å². The molecule has 80 valence electrons. The fourth-order valence-corrected chi connectivity index (χ4v) is 1.71. The zero-order valence-electron chi connectivity index (χ0n) is 8.81. The smallest absolute Gasteiger partial charge is 0.0992 e. The van der Waals surface area contributed by atoms with Crippen LogP contribution in [0.15, 0.2) is 30.5 Å². The van der Waals surface area contributed by atoms with Gasteiger partial charge in [0.2, 0.25) is 0 Å². The van der Waals surface area contributed by atoms with Gasteiger partial charge in [-0.25, -0.2) is 0 Å². The van der Waals surface area contributed by atoms with Crippen molar-refractivity contribution in [2.75, 3.05) is 0 Å². The van der Waals surface area contributed by atoms with E-state index in [0.29, 0.717) is 17.1 Å². The van der Waals surface area contributed by atoms with Gasteiger partial charge in [0.25, 0.3) is 0 Å². The van der Waals surface area contributed by atoms with E-state index in [0.717, 1.165) is 11.3 Å². The van der Waals surface area contributed by atoms with Gasteiger partial charge in [0.15, 0.2) is 0 Å². The molecular weight excluding hydrogens is 222 g/mol. The third-order valence-corrected chi connectivity index (χ3v) is 2.78. The minimum atomic E-state index is 0.575. The van der Waals surface area contributed by atoms with Crippen molar-refractivity contribution in [3.05, 3.63) is 52.3 Å². The summed E-state index contributed by atoms with van der Waals surface area (Å²) in [5.41, 5.74) is 2.62. The van der Waals surface area contributed by atoms with Crippen LogP contribution < -0.4 is 0 Å². The highest BCUT2D eigenvalue weighted by molar-refractivity contribution is 6.31. The normalized spacial score (nSPS) is 10.1. The van der Waals surface area contributed by atoms with Gasteiger partial charge in [0, 0.05) is 16.9 Å². The van der Waals surface area contributed by atoms with Gasteiger partial charge in [-0.3, -0.25) is 4.68 Å². The molecule has 0 atom stereocenters. The zero-order chi connectivity index (χ0) is 11.5. The summed E-state index contributed by atoms with van der Waals surface area (Å²) in [6.45, 7) is 2.62. The SMILES string of the molecule is Cc1ccnn1Cc1ccc(C#N)cc1Cl. The number of hydrogen-bond acceptors (Lipinski definition) is 2. The minimum absolute atomic E-state index is 0.575. The van der Waals surface area contributed by atoms with Crippen LogP contribution >= 0.6 is 11.6 Å². The van der Waals surface area contributed by atoms with Crippen LogP contribution in [0.2, 0.25) is 5.02 Å². The quantitative estimate of drug-likeness (QED) is 0.798. The number of aromatic nitrogens is 2. The van der Waals surface area contributed by atoms with Crippen molar-refractivity contribution >= 4 is 11.6 Å². The number of nitriles is 1. The fourth-order valence-electron chi connectivity index (χ4n) is 1.47. The Morgan fingerprint density at radius 3 is 2.81 bits per heavy atom. The predicted octanol–water partition coefficient (Wildman–Crippen LogP) is 2.76. The molecule has 0 saturated heterocycles. The highest BCUT2D eigenvalue weighted by Gasteiger charge is 2.04. The van der Waals surface area contributed by atoms with E-state index in [-0.39, 0.29) is 0 Å². The third-order valence-electron chi connectivity index (χ3n) is 2.43. The molecule has 0 N–H and O–H groups in total. The molecule has 0 aliphatic rings. The molecule has 2 aromatic rings. The average molecular weight is 232 g/mol. The molecule has 0 unspecified atom stereocenters. The first-order valence-corrected chi connectivity index (χ1v) is 5.25. The van der Waals surface area contributed by atoms with E-state index >= 15 is 0 Å². The molecule has 3 nitrogen and oxygen atoms in total. The Morgan fingerprint density at radius 1 is 1.44 bits per heavy atom. The second-order valence-corrected chi connectivity index (χ2v) is 3.96. The van der Waals surface area contributed by atoms with E-state index in [4.69, 9.17) is 16.9 Å². The summed E-state index contributed by atoms with van der Waals surface area (Å²) in [5.74, 6) is 0. The van der Waals surface area contributed by atoms with Gasteiger partial charge in [-0.05, 0) is 30.7 Å². The summed E-state index contributed by atoms with van der Waals surface area (Å²) in [4.78, 5) is 0. The number of halogens is 1. The second-order valence-electron chi connectivity index (χ2n) is 3.55. The molecule has 0 aliphatic heterocycles. The van der Waals surface area contributed by atoms with Gasteiger partial charge in [0.1, 0.15) is 0 Å². The lowest BCUT2D eigenvalue weighted by atomic mass is 10.1. The number of hydrogen-bond donors (Lipinski definition) is 0. The molecule has 0 saturated carbocycles. The van der Waals surface area contributed by atoms with Crippen LogP contribution in [0, 0.1) is 18.3 Å². The highest BCUT2D eigenvalue weighted by atomic mass is 35.5. The van der Waals surface area contributed by atoms with Gasteiger partial charge < -0.3 is 0 Å². The van der Waals surface area contributed by atoms with Crippen molar-refractivity contribution in [1.82, 2.24) is 9.78 Å². The number of rotatable bonds is 2. The lowest BCUT2D eigenvalue weighted by molar-refractivity contribution is 0.665. The first kappa shape index (κ1) is 10.7. The molecule has 0 fully saturated rings. The molecule has 0 aliphatic carbocycles. The molecule has 2 rings (SSSR count). The van der Waals surface area contributed by atoms with Gasteiger partial charge in [-0.2, -0.15) is 10.4 Å². The Balaban J connectivity index is 2.30. The number of nitrogens with zero attached hydrogens (tertiary/aromatic N) is 3. The van der Waals surface area contributed by atoms with Crippen LogP contribution in [0.25, 0.3) is 0 Å². The standard InChI is InChI=1S/C12H10ClN3/c1-9-4-5-15-16(9)8-11-3-2-10(7-14)6-12(11)13/h2-6H,8H2,1H3. The summed E-state index contributed by atoms with van der Waals surface area (Å²) < 4.78 is 1.87. The topological polar surface area (TPSA) is 41.6 Å². The van der Waals surface area contributed by atoms with Gasteiger partial charge >= 0.3 is 0 Å². The number of benzene rings is 1. The maximum absolute atomic E-state index is 8.73. The van der Waals surface area contributed by atoms with Crippen LogP contribution in [-0.2, 0) is 6.54 Å². The van der Waals surface area contributed by atoms with E-state index in [1.165, 1.54) is 0 Å². The summed E-state index contributed by atoms with van der Waals surface area (Å²) in [6, 6.07) is 9.30. The lowest BCUT2D eigenvalue weighted by Crippen LogP contribution is -2.04. The predicted molar refractivity (Wildman–Crippen MR) is 62.2 cm³/mol. The van der Waals surface area contributed by atoms with Crippen molar-refractivity contribution in [3.8, 4) is 6.07 Å². The molecule has 0 amide bonds. The molecular formula is C12H10ClN3. The first-order chi connectivity index (χ1) is 7.70. The van der Waals surface area contributed by atoms with E-state index in [1.54, 1.807) is 18.3 Å². The Bertz CT molecular complexity index is 552. The monoisotopic (exact) mass is 231 g/mol. The lowest BCUT2D eigenvalue weighted by Gasteiger charge is -2.06. The Labute approximate surface area is 98.9 Å². The summed E-state index contributed by atoms with van der Waals surface area (Å²) in [5, 5.41) is 13.5. The summed E-state index contributed by atoms with van der Waals surface area (Å²) >= 11 is 6.09. The second kappa shape index (κ2) is 4.38. The Hall–Kier alpha value is -1.79. The zero-order valence-corrected chi connectivity index (χ0v) is 9.57. The molecule has 0 radical (unpaired) electrons. The van der Waals surface area contributed by atoms with E-state index in [1.807, 2.05) is 23.7 Å². The molecule has 0 bridgehead atoms. The van der Waals surface area contributed by atoms with Crippen LogP contribution in [0.5, 0.6) is 0 Å². The van der Waals surface area contributed by atoms with Crippen LogP contribution in [0.3, 0.4) is 0 Å². The molecule has 1 aromatic carbocycles. The van der Waals surface area contributed by atoms with E-state index < -0.39 is 0 Å². The largest absolute Gasteiger partial charge is 0.265 e.